The van der Waals surface area contributed by atoms with Crippen molar-refractivity contribution in [3.8, 4) is 22.6 Å². The van der Waals surface area contributed by atoms with Crippen LogP contribution < -0.4 is 0 Å². The second-order valence-corrected chi connectivity index (χ2v) is 4.29. The fraction of sp³-hybridized carbons (Fsp3) is 0. The molecule has 0 bridgehead atoms. The van der Waals surface area contributed by atoms with Gasteiger partial charge < -0.3 is 4.98 Å². The molecule has 3 heteroatoms. The average molecular weight is 226 g/mol. The average Bonchev–Trinajstić information content (AvgIpc) is 3.01. The van der Waals surface area contributed by atoms with Crippen LogP contribution in [0, 0.1) is 0 Å². The molecule has 3 aromatic rings. The quantitative estimate of drug-likeness (QED) is 0.707. The van der Waals surface area contributed by atoms with E-state index in [4.69, 9.17) is 0 Å². The molecule has 0 atom stereocenters. The van der Waals surface area contributed by atoms with Crippen LogP contribution in [-0.4, -0.2) is 9.97 Å². The number of benzene rings is 1. The lowest BCUT2D eigenvalue weighted by Gasteiger charge is -1.93. The monoisotopic (exact) mass is 226 g/mol. The van der Waals surface area contributed by atoms with Crippen LogP contribution in [0.15, 0.2) is 53.4 Å². The number of thiophene rings is 1. The molecule has 2 nitrogen and oxygen atoms in total. The van der Waals surface area contributed by atoms with Crippen molar-refractivity contribution in [1.29, 1.82) is 0 Å². The molecule has 1 aromatic carbocycles. The van der Waals surface area contributed by atoms with Crippen molar-refractivity contribution in [3.05, 3.63) is 53.4 Å². The van der Waals surface area contributed by atoms with Crippen LogP contribution in [0.5, 0.6) is 0 Å². The molecule has 0 radical (unpaired) electrons. The fourth-order valence-electron chi connectivity index (χ4n) is 1.63. The van der Waals surface area contributed by atoms with E-state index in [0.717, 1.165) is 22.6 Å². The summed E-state index contributed by atoms with van der Waals surface area (Å²) < 4.78 is 0. The molecule has 2 aromatic heterocycles. The highest BCUT2D eigenvalue weighted by atomic mass is 32.1. The molecule has 0 aliphatic heterocycles. The third kappa shape index (κ3) is 1.66. The third-order valence-electron chi connectivity index (χ3n) is 2.44. The molecule has 2 heterocycles. The van der Waals surface area contributed by atoms with Crippen molar-refractivity contribution in [1.82, 2.24) is 9.97 Å². The van der Waals surface area contributed by atoms with Crippen LogP contribution in [0.4, 0.5) is 0 Å². The van der Waals surface area contributed by atoms with Crippen LogP contribution >= 0.6 is 11.3 Å². The Kier molecular flexibility index (Phi) is 2.31. The van der Waals surface area contributed by atoms with Gasteiger partial charge >= 0.3 is 0 Å². The van der Waals surface area contributed by atoms with Crippen LogP contribution in [0.3, 0.4) is 0 Å². The molecule has 3 rings (SSSR count). The number of hydrogen-bond donors (Lipinski definition) is 1. The van der Waals surface area contributed by atoms with Crippen LogP contribution in [0.1, 0.15) is 0 Å². The Morgan fingerprint density at radius 2 is 1.88 bits per heavy atom. The van der Waals surface area contributed by atoms with Crippen molar-refractivity contribution in [2.75, 3.05) is 0 Å². The van der Waals surface area contributed by atoms with Crippen LogP contribution in [-0.2, 0) is 0 Å². The topological polar surface area (TPSA) is 28.7 Å². The van der Waals surface area contributed by atoms with Gasteiger partial charge in [0.25, 0.3) is 0 Å². The molecule has 0 unspecified atom stereocenters. The van der Waals surface area contributed by atoms with E-state index in [-0.39, 0.29) is 0 Å². The molecule has 78 valence electrons. The number of hydrogen-bond acceptors (Lipinski definition) is 2. The molecule has 0 aliphatic rings. The first-order valence-corrected chi connectivity index (χ1v) is 6.01. The van der Waals surface area contributed by atoms with Crippen LogP contribution in [0.25, 0.3) is 22.6 Å². The molecule has 0 spiro atoms. The van der Waals surface area contributed by atoms with Gasteiger partial charge in [-0.3, -0.25) is 0 Å². The van der Waals surface area contributed by atoms with Gasteiger partial charge in [0.15, 0.2) is 0 Å². The number of rotatable bonds is 2. The SMILES string of the molecule is c1ccc(-c2c[nH]c(-c3ccsc3)n2)cc1. The van der Waals surface area contributed by atoms with E-state index in [9.17, 15) is 0 Å². The molecular weight excluding hydrogens is 216 g/mol. The Morgan fingerprint density at radius 1 is 1.00 bits per heavy atom. The first-order valence-electron chi connectivity index (χ1n) is 5.07. The first-order chi connectivity index (χ1) is 7.93. The predicted molar refractivity (Wildman–Crippen MR) is 67.3 cm³/mol. The minimum absolute atomic E-state index is 0.931. The standard InChI is InChI=1S/C13H10N2S/c1-2-4-10(5-3-1)12-8-14-13(15-12)11-6-7-16-9-11/h1-9H,(H,14,15). The summed E-state index contributed by atoms with van der Waals surface area (Å²) in [6.45, 7) is 0. The second-order valence-electron chi connectivity index (χ2n) is 3.51. The predicted octanol–water partition coefficient (Wildman–Crippen LogP) is 3.81. The Bertz CT molecular complexity index is 567. The molecule has 0 fully saturated rings. The number of aromatic amines is 1. The Hall–Kier alpha value is -1.87. The minimum atomic E-state index is 0.931. The number of nitrogens with one attached hydrogen (secondary N) is 1. The molecule has 0 aliphatic carbocycles. The number of nitrogens with zero attached hydrogens (tertiary/aromatic N) is 1. The molecular formula is C13H10N2S. The maximum Gasteiger partial charge on any atom is 0.138 e. The summed E-state index contributed by atoms with van der Waals surface area (Å²) in [5.41, 5.74) is 3.27. The van der Waals surface area contributed by atoms with Gasteiger partial charge in [0.05, 0.1) is 5.69 Å². The van der Waals surface area contributed by atoms with Crippen molar-refractivity contribution in [2.24, 2.45) is 0 Å². The third-order valence-corrected chi connectivity index (χ3v) is 3.13. The zero-order valence-corrected chi connectivity index (χ0v) is 9.37. The highest BCUT2D eigenvalue weighted by molar-refractivity contribution is 7.08. The lowest BCUT2D eigenvalue weighted by atomic mass is 10.2. The fourth-order valence-corrected chi connectivity index (χ4v) is 2.27. The molecule has 0 saturated heterocycles. The Balaban J connectivity index is 2.00. The van der Waals surface area contributed by atoms with E-state index in [0.29, 0.717) is 0 Å². The smallest absolute Gasteiger partial charge is 0.138 e. The number of H-pyrrole nitrogens is 1. The summed E-state index contributed by atoms with van der Waals surface area (Å²) in [4.78, 5) is 7.78. The molecule has 16 heavy (non-hydrogen) atoms. The highest BCUT2D eigenvalue weighted by Gasteiger charge is 2.05. The molecule has 1 N–H and O–H groups in total. The summed E-state index contributed by atoms with van der Waals surface area (Å²) >= 11 is 1.68. The zero-order valence-electron chi connectivity index (χ0n) is 8.55. The van der Waals surface area contributed by atoms with Gasteiger partial charge in [-0.2, -0.15) is 11.3 Å². The van der Waals surface area contributed by atoms with Crippen molar-refractivity contribution < 1.29 is 0 Å². The normalized spacial score (nSPS) is 10.5. The van der Waals surface area contributed by atoms with E-state index in [1.807, 2.05) is 24.4 Å². The second kappa shape index (κ2) is 3.94. The minimum Gasteiger partial charge on any atom is -0.344 e. The number of imidazole rings is 1. The van der Waals surface area contributed by atoms with E-state index < -0.39 is 0 Å². The molecule has 0 amide bonds. The maximum atomic E-state index is 4.57. The Labute approximate surface area is 97.6 Å². The largest absolute Gasteiger partial charge is 0.344 e. The first kappa shape index (κ1) is 9.36. The van der Waals surface area contributed by atoms with Crippen molar-refractivity contribution in [3.63, 3.8) is 0 Å². The zero-order chi connectivity index (χ0) is 10.8. The number of aromatic nitrogens is 2. The lowest BCUT2D eigenvalue weighted by molar-refractivity contribution is 1.32. The van der Waals surface area contributed by atoms with E-state index in [1.165, 1.54) is 0 Å². The van der Waals surface area contributed by atoms with Gasteiger partial charge in [0.1, 0.15) is 5.82 Å². The van der Waals surface area contributed by atoms with Crippen molar-refractivity contribution in [2.45, 2.75) is 0 Å². The Morgan fingerprint density at radius 3 is 2.62 bits per heavy atom. The van der Waals surface area contributed by atoms with Gasteiger partial charge in [-0.15, -0.1) is 0 Å². The summed E-state index contributed by atoms with van der Waals surface area (Å²) in [5, 5.41) is 4.15. The highest BCUT2D eigenvalue weighted by Crippen LogP contribution is 2.23. The summed E-state index contributed by atoms with van der Waals surface area (Å²) in [6.07, 6.45) is 1.95. The van der Waals surface area contributed by atoms with E-state index in [2.05, 4.69) is 38.9 Å². The van der Waals surface area contributed by atoms with Gasteiger partial charge in [-0.25, -0.2) is 4.98 Å². The molecule has 0 saturated carbocycles. The van der Waals surface area contributed by atoms with Crippen molar-refractivity contribution >= 4 is 11.3 Å². The van der Waals surface area contributed by atoms with Gasteiger partial charge in [-0.05, 0) is 11.4 Å². The van der Waals surface area contributed by atoms with Crippen LogP contribution in [0.2, 0.25) is 0 Å². The summed E-state index contributed by atoms with van der Waals surface area (Å²) in [7, 11) is 0. The maximum absolute atomic E-state index is 4.57. The summed E-state index contributed by atoms with van der Waals surface area (Å²) in [5.74, 6) is 0.931. The van der Waals surface area contributed by atoms with Gasteiger partial charge in [0.2, 0.25) is 0 Å². The lowest BCUT2D eigenvalue weighted by Crippen LogP contribution is -1.77. The van der Waals surface area contributed by atoms with Gasteiger partial charge in [0, 0.05) is 22.7 Å². The van der Waals surface area contributed by atoms with E-state index in [1.54, 1.807) is 11.3 Å². The van der Waals surface area contributed by atoms with E-state index >= 15 is 0 Å². The van der Waals surface area contributed by atoms with Gasteiger partial charge in [-0.1, -0.05) is 30.3 Å². The summed E-state index contributed by atoms with van der Waals surface area (Å²) in [6, 6.07) is 12.2.